The smallest absolute Gasteiger partial charge is 0.226 e. The van der Waals surface area contributed by atoms with Crippen molar-refractivity contribution >= 4 is 52.1 Å². The van der Waals surface area contributed by atoms with E-state index in [1.54, 1.807) is 18.3 Å². The highest BCUT2D eigenvalue weighted by atomic mass is 35.5. The highest BCUT2D eigenvalue weighted by molar-refractivity contribution is 7.80. The number of rotatable bonds is 7. The topological polar surface area (TPSA) is 70.4 Å². The van der Waals surface area contributed by atoms with Crippen LogP contribution in [-0.4, -0.2) is 27.4 Å². The second kappa shape index (κ2) is 11.2. The molecule has 0 spiro atoms. The number of hydrogen-bond donors (Lipinski definition) is 2. The first-order valence-electron chi connectivity index (χ1n) is 12.2. The minimum atomic E-state index is -0.303. The number of furan rings is 1. The Labute approximate surface area is 237 Å². The van der Waals surface area contributed by atoms with Crippen molar-refractivity contribution in [2.45, 2.75) is 32.4 Å². The minimum absolute atomic E-state index is 0.0857. The Morgan fingerprint density at radius 3 is 2.68 bits per heavy atom. The van der Waals surface area contributed by atoms with Gasteiger partial charge in [0.1, 0.15) is 17.6 Å². The van der Waals surface area contributed by atoms with Gasteiger partial charge in [0.2, 0.25) is 5.91 Å². The predicted molar refractivity (Wildman–Crippen MR) is 155 cm³/mol. The van der Waals surface area contributed by atoms with Crippen LogP contribution in [0.5, 0.6) is 0 Å². The van der Waals surface area contributed by atoms with Crippen molar-refractivity contribution in [3.8, 4) is 11.3 Å². The van der Waals surface area contributed by atoms with Crippen molar-refractivity contribution in [2.24, 2.45) is 0 Å². The third-order valence-electron chi connectivity index (χ3n) is 6.57. The Kier molecular flexibility index (Phi) is 7.70. The first-order chi connectivity index (χ1) is 18.3. The SMILES string of the molecule is Cc1ccc(C)c(NC(=O)CCN2C(=S)NC(c3ccccn3)C2c2ccc(-c3ccc(Cl)c(Cl)c3)o2)c1. The van der Waals surface area contributed by atoms with Crippen LogP contribution in [0.15, 0.2) is 77.3 Å². The van der Waals surface area contributed by atoms with Crippen LogP contribution in [0.1, 0.15) is 41.1 Å². The minimum Gasteiger partial charge on any atom is -0.459 e. The van der Waals surface area contributed by atoms with E-state index in [9.17, 15) is 4.79 Å². The van der Waals surface area contributed by atoms with E-state index in [4.69, 9.17) is 39.8 Å². The van der Waals surface area contributed by atoms with Gasteiger partial charge in [0, 0.05) is 30.4 Å². The number of benzene rings is 2. The summed E-state index contributed by atoms with van der Waals surface area (Å²) in [6.45, 7) is 4.38. The molecule has 1 aliphatic heterocycles. The standard InChI is InChI=1S/C29H26Cl2N4O2S/c1-17-6-7-18(2)23(15-17)33-26(36)12-14-35-28(27(34-29(35)38)22-5-3-4-13-32-22)25-11-10-24(37-25)19-8-9-20(30)21(31)16-19/h3-11,13,15-16,27-28H,12,14H2,1-2H3,(H,33,36)(H,34,38). The number of nitrogens with zero attached hydrogens (tertiary/aromatic N) is 2. The second-order valence-corrected chi connectivity index (χ2v) is 10.5. The molecule has 0 saturated carbocycles. The van der Waals surface area contributed by atoms with Gasteiger partial charge in [-0.1, -0.05) is 41.4 Å². The summed E-state index contributed by atoms with van der Waals surface area (Å²) in [6, 6.07) is 20.4. The zero-order valence-electron chi connectivity index (χ0n) is 20.9. The summed E-state index contributed by atoms with van der Waals surface area (Å²) >= 11 is 18.1. The van der Waals surface area contributed by atoms with Crippen LogP contribution in [0.2, 0.25) is 10.0 Å². The fourth-order valence-electron chi connectivity index (χ4n) is 4.58. The molecule has 5 rings (SSSR count). The van der Waals surface area contributed by atoms with E-state index >= 15 is 0 Å². The number of thiocarbonyl (C=S) groups is 1. The molecule has 1 aliphatic rings. The van der Waals surface area contributed by atoms with Crippen LogP contribution in [0.25, 0.3) is 11.3 Å². The van der Waals surface area contributed by atoms with E-state index in [-0.39, 0.29) is 24.4 Å². The molecule has 9 heteroatoms. The van der Waals surface area contributed by atoms with Gasteiger partial charge in [-0.3, -0.25) is 9.78 Å². The highest BCUT2D eigenvalue weighted by Gasteiger charge is 2.41. The molecule has 2 aromatic heterocycles. The van der Waals surface area contributed by atoms with E-state index in [1.807, 2.05) is 73.3 Å². The van der Waals surface area contributed by atoms with Crippen molar-refractivity contribution in [1.29, 1.82) is 0 Å². The van der Waals surface area contributed by atoms with E-state index in [0.29, 0.717) is 33.2 Å². The number of carbonyl (C=O) groups excluding carboxylic acids is 1. The average molecular weight is 566 g/mol. The molecule has 1 fully saturated rings. The number of amides is 1. The Balaban J connectivity index is 1.40. The van der Waals surface area contributed by atoms with E-state index in [2.05, 4.69) is 15.6 Å². The largest absolute Gasteiger partial charge is 0.459 e. The number of halogens is 2. The van der Waals surface area contributed by atoms with E-state index in [1.165, 1.54) is 0 Å². The van der Waals surface area contributed by atoms with Gasteiger partial charge in [-0.25, -0.2) is 0 Å². The summed E-state index contributed by atoms with van der Waals surface area (Å²) in [4.78, 5) is 19.5. The number of anilines is 1. The number of hydrogen-bond acceptors (Lipinski definition) is 4. The number of aromatic nitrogens is 1. The van der Waals surface area contributed by atoms with E-state index < -0.39 is 0 Å². The number of aryl methyl sites for hydroxylation is 2. The van der Waals surface area contributed by atoms with Gasteiger partial charge >= 0.3 is 0 Å². The van der Waals surface area contributed by atoms with Gasteiger partial charge in [-0.2, -0.15) is 0 Å². The molecule has 4 aromatic rings. The Morgan fingerprint density at radius 1 is 1.08 bits per heavy atom. The van der Waals surface area contributed by atoms with Crippen LogP contribution >= 0.6 is 35.4 Å². The molecule has 2 unspecified atom stereocenters. The maximum absolute atomic E-state index is 12.9. The zero-order valence-corrected chi connectivity index (χ0v) is 23.2. The molecule has 3 heterocycles. The molecular formula is C29H26Cl2N4O2S. The number of pyridine rings is 1. The summed E-state index contributed by atoms with van der Waals surface area (Å²) in [7, 11) is 0. The first-order valence-corrected chi connectivity index (χ1v) is 13.4. The van der Waals surface area contributed by atoms with Crippen LogP contribution in [0, 0.1) is 13.8 Å². The Hall–Kier alpha value is -3.39. The molecule has 2 N–H and O–H groups in total. The van der Waals surface area contributed by atoms with Gasteiger partial charge in [-0.05, 0) is 85.7 Å². The maximum atomic E-state index is 12.9. The van der Waals surface area contributed by atoms with Crippen LogP contribution in [0.3, 0.4) is 0 Å². The van der Waals surface area contributed by atoms with Crippen LogP contribution in [-0.2, 0) is 4.79 Å². The van der Waals surface area contributed by atoms with Gasteiger partial charge in [0.25, 0.3) is 0 Å². The normalized spacial score (nSPS) is 16.9. The van der Waals surface area contributed by atoms with Gasteiger partial charge in [0.15, 0.2) is 5.11 Å². The fourth-order valence-corrected chi connectivity index (χ4v) is 5.21. The maximum Gasteiger partial charge on any atom is 0.226 e. The van der Waals surface area contributed by atoms with Gasteiger partial charge in [0.05, 0.1) is 21.8 Å². The fraction of sp³-hybridized carbons (Fsp3) is 0.207. The third kappa shape index (κ3) is 5.55. The zero-order chi connectivity index (χ0) is 26.8. The average Bonchev–Trinajstić information content (AvgIpc) is 3.51. The molecule has 0 radical (unpaired) electrons. The predicted octanol–water partition coefficient (Wildman–Crippen LogP) is 7.27. The van der Waals surface area contributed by atoms with Crippen molar-refractivity contribution in [2.75, 3.05) is 11.9 Å². The molecule has 1 saturated heterocycles. The van der Waals surface area contributed by atoms with Crippen LogP contribution in [0.4, 0.5) is 5.69 Å². The summed E-state index contributed by atoms with van der Waals surface area (Å²) < 4.78 is 6.34. The molecule has 6 nitrogen and oxygen atoms in total. The highest BCUT2D eigenvalue weighted by Crippen LogP contribution is 2.41. The summed E-state index contributed by atoms with van der Waals surface area (Å²) in [5.41, 5.74) is 4.56. The molecule has 0 aliphatic carbocycles. The third-order valence-corrected chi connectivity index (χ3v) is 7.66. The summed E-state index contributed by atoms with van der Waals surface area (Å²) in [6.07, 6.45) is 2.00. The van der Waals surface area contributed by atoms with Gasteiger partial charge in [-0.15, -0.1) is 0 Å². The van der Waals surface area contributed by atoms with Crippen molar-refractivity contribution in [1.82, 2.24) is 15.2 Å². The van der Waals surface area contributed by atoms with Gasteiger partial charge < -0.3 is 20.0 Å². The second-order valence-electron chi connectivity index (χ2n) is 9.27. The van der Waals surface area contributed by atoms with E-state index in [0.717, 1.165) is 28.1 Å². The monoisotopic (exact) mass is 564 g/mol. The molecule has 2 atom stereocenters. The molecule has 2 aromatic carbocycles. The quantitative estimate of drug-likeness (QED) is 0.230. The molecule has 1 amide bonds. The lowest BCUT2D eigenvalue weighted by Crippen LogP contribution is -2.32. The lowest BCUT2D eigenvalue weighted by Gasteiger charge is -2.26. The Bertz CT molecular complexity index is 1490. The molecule has 0 bridgehead atoms. The first kappa shape index (κ1) is 26.2. The van der Waals surface area contributed by atoms with Crippen molar-refractivity contribution < 1.29 is 9.21 Å². The summed E-state index contributed by atoms with van der Waals surface area (Å²) in [5.74, 6) is 1.27. The lowest BCUT2D eigenvalue weighted by molar-refractivity contribution is -0.116. The van der Waals surface area contributed by atoms with Crippen molar-refractivity contribution in [3.05, 3.63) is 106 Å². The molecular weight excluding hydrogens is 539 g/mol. The van der Waals surface area contributed by atoms with Crippen molar-refractivity contribution in [3.63, 3.8) is 0 Å². The number of nitrogens with one attached hydrogen (secondary N) is 2. The molecule has 38 heavy (non-hydrogen) atoms. The lowest BCUT2D eigenvalue weighted by atomic mass is 10.0. The van der Waals surface area contributed by atoms with Crippen LogP contribution < -0.4 is 10.6 Å². The molecule has 194 valence electrons. The number of carbonyl (C=O) groups is 1. The Morgan fingerprint density at radius 2 is 1.92 bits per heavy atom. The summed E-state index contributed by atoms with van der Waals surface area (Å²) in [5, 5.41) is 7.90.